The number of carbonyl (C=O) groups is 2. The van der Waals surface area contributed by atoms with E-state index in [0.29, 0.717) is 22.5 Å². The molecule has 9 nitrogen and oxygen atoms in total. The van der Waals surface area contributed by atoms with Gasteiger partial charge in [0.1, 0.15) is 16.7 Å². The molecule has 2 spiro atoms. The molecule has 2 unspecified atom stereocenters. The van der Waals surface area contributed by atoms with E-state index in [0.717, 1.165) is 0 Å². The van der Waals surface area contributed by atoms with Crippen LogP contribution in [0.1, 0.15) is 25.0 Å². The Hall–Kier alpha value is -3.44. The van der Waals surface area contributed by atoms with Crippen molar-refractivity contribution in [3.63, 3.8) is 0 Å². The summed E-state index contributed by atoms with van der Waals surface area (Å²) in [4.78, 5) is 28.1. The summed E-state index contributed by atoms with van der Waals surface area (Å²) in [5.41, 5.74) is 4.41. The van der Waals surface area contributed by atoms with Crippen molar-refractivity contribution in [1.29, 1.82) is 5.26 Å². The highest BCUT2D eigenvalue weighted by Crippen LogP contribution is 2.76. The lowest BCUT2D eigenvalue weighted by Crippen LogP contribution is -2.58. The summed E-state index contributed by atoms with van der Waals surface area (Å²) in [6.45, 7) is 3.28. The Kier molecular flexibility index (Phi) is 4.96. The first-order valence-corrected chi connectivity index (χ1v) is 12.5. The van der Waals surface area contributed by atoms with Crippen molar-refractivity contribution in [3.8, 4) is 6.07 Å². The van der Waals surface area contributed by atoms with E-state index in [9.17, 15) is 19.4 Å². The number of allylic oxidation sites excluding steroid dienone is 1. The molecule has 1 aliphatic carbocycles. The largest absolute Gasteiger partial charge is 0.400 e. The molecular weight excluding hydrogens is 455 g/mol. The smallest absolute Gasteiger partial charge is 0.360 e. The first kappa shape index (κ1) is 22.4. The van der Waals surface area contributed by atoms with Crippen molar-refractivity contribution < 1.29 is 23.2 Å². The zero-order valence-corrected chi connectivity index (χ0v) is 19.5. The summed E-state index contributed by atoms with van der Waals surface area (Å²) in [5, 5.41) is 15.9. The summed E-state index contributed by atoms with van der Waals surface area (Å²) >= 11 is 0. The topological polar surface area (TPSA) is 144 Å². The molecule has 0 bridgehead atoms. The van der Waals surface area contributed by atoms with E-state index in [1.807, 2.05) is 0 Å². The minimum Gasteiger partial charge on any atom is -0.400 e. The molecule has 2 aliphatic heterocycles. The molecule has 10 heteroatoms. The van der Waals surface area contributed by atoms with Gasteiger partial charge in [0.15, 0.2) is 0 Å². The normalized spacial score (nSPS) is 27.0. The Morgan fingerprint density at radius 2 is 1.50 bits per heavy atom. The third kappa shape index (κ3) is 2.38. The minimum absolute atomic E-state index is 0.000404. The van der Waals surface area contributed by atoms with Crippen LogP contribution >= 0.6 is 7.60 Å². The molecule has 2 aromatic rings. The van der Waals surface area contributed by atoms with Gasteiger partial charge in [0, 0.05) is 17.1 Å². The van der Waals surface area contributed by atoms with Gasteiger partial charge in [0.25, 0.3) is 0 Å². The fraction of sp³-hybridized carbons (Fsp3) is 0.292. The van der Waals surface area contributed by atoms with E-state index in [-0.39, 0.29) is 24.2 Å². The molecule has 34 heavy (non-hydrogen) atoms. The zero-order valence-electron chi connectivity index (χ0n) is 18.6. The molecule has 2 amide bonds. The second-order valence-corrected chi connectivity index (χ2v) is 10.2. The van der Waals surface area contributed by atoms with Crippen LogP contribution in [0.15, 0.2) is 59.5 Å². The van der Waals surface area contributed by atoms with Crippen LogP contribution in [0.5, 0.6) is 0 Å². The van der Waals surface area contributed by atoms with Crippen LogP contribution in [-0.4, -0.2) is 25.0 Å². The van der Waals surface area contributed by atoms with Crippen molar-refractivity contribution in [2.45, 2.75) is 24.7 Å². The number of amides is 2. The molecular formula is C24H23N4O5P. The number of nitrogens with one attached hydrogen (secondary N) is 2. The molecule has 0 radical (unpaired) electrons. The van der Waals surface area contributed by atoms with Crippen LogP contribution < -0.4 is 16.4 Å². The van der Waals surface area contributed by atoms with Gasteiger partial charge in [-0.1, -0.05) is 36.4 Å². The molecule has 174 valence electrons. The van der Waals surface area contributed by atoms with Gasteiger partial charge in [-0.15, -0.1) is 0 Å². The number of hydrogen-bond acceptors (Lipinski definition) is 7. The van der Waals surface area contributed by atoms with Gasteiger partial charge in [0.2, 0.25) is 11.8 Å². The van der Waals surface area contributed by atoms with Gasteiger partial charge < -0.3 is 25.4 Å². The van der Waals surface area contributed by atoms with E-state index in [2.05, 4.69) is 16.7 Å². The second-order valence-electron chi connectivity index (χ2n) is 8.26. The van der Waals surface area contributed by atoms with Gasteiger partial charge in [-0.2, -0.15) is 5.26 Å². The van der Waals surface area contributed by atoms with Gasteiger partial charge in [-0.05, 0) is 37.1 Å². The summed E-state index contributed by atoms with van der Waals surface area (Å²) < 4.78 is 25.7. The first-order chi connectivity index (χ1) is 16.3. The van der Waals surface area contributed by atoms with Crippen LogP contribution in [0.2, 0.25) is 0 Å². The second kappa shape index (κ2) is 7.54. The highest BCUT2D eigenvalue weighted by atomic mass is 31.2. The number of anilines is 2. The lowest BCUT2D eigenvalue weighted by molar-refractivity contribution is -0.130. The summed E-state index contributed by atoms with van der Waals surface area (Å²) in [6, 6.07) is 15.8. The zero-order chi connectivity index (χ0) is 24.3. The highest BCUT2D eigenvalue weighted by Gasteiger charge is 2.79. The molecule has 5 rings (SSSR count). The van der Waals surface area contributed by atoms with Crippen molar-refractivity contribution in [1.82, 2.24) is 0 Å². The number of para-hydroxylation sites is 2. The average Bonchev–Trinajstić information content (AvgIpc) is 3.36. The fourth-order valence-corrected chi connectivity index (χ4v) is 8.12. The Morgan fingerprint density at radius 3 is 2.09 bits per heavy atom. The summed E-state index contributed by atoms with van der Waals surface area (Å²) in [6.07, 6.45) is 0. The van der Waals surface area contributed by atoms with E-state index >= 15 is 0 Å². The maximum Gasteiger partial charge on any atom is 0.360 e. The summed E-state index contributed by atoms with van der Waals surface area (Å²) in [5.74, 6) is -2.50. The van der Waals surface area contributed by atoms with E-state index in [4.69, 9.17) is 14.8 Å². The predicted octanol–water partition coefficient (Wildman–Crippen LogP) is 3.36. The lowest BCUT2D eigenvalue weighted by Gasteiger charge is -2.41. The Balaban J connectivity index is 1.99. The standard InChI is InChI=1S/C24H23N4O5P/c1-3-32-34(31,33-4-2)20-19(26)16(13-25)23(14-9-5-7-11-17(14)27-21(23)29)24(20)15-10-6-8-12-18(15)28-22(24)30/h5-12,16H,3-4,26H2,1-2H3,(H,27,29)(H,28,30)/t16-,23?,24?/m0/s1. The van der Waals surface area contributed by atoms with Crippen molar-refractivity contribution in [2.75, 3.05) is 23.8 Å². The number of nitrogens with zero attached hydrogens (tertiary/aromatic N) is 1. The first-order valence-electron chi connectivity index (χ1n) is 11.0. The van der Waals surface area contributed by atoms with Crippen molar-refractivity contribution >= 4 is 30.8 Å². The van der Waals surface area contributed by atoms with Gasteiger partial charge in [-0.3, -0.25) is 14.2 Å². The Labute approximate surface area is 196 Å². The van der Waals surface area contributed by atoms with Crippen LogP contribution in [-0.2, 0) is 34.0 Å². The van der Waals surface area contributed by atoms with E-state index in [1.165, 1.54) is 0 Å². The van der Waals surface area contributed by atoms with Crippen LogP contribution in [0.3, 0.4) is 0 Å². The number of nitrogens with two attached hydrogens (primary N) is 1. The molecule has 0 saturated heterocycles. The van der Waals surface area contributed by atoms with Crippen LogP contribution in [0.25, 0.3) is 0 Å². The van der Waals surface area contributed by atoms with E-state index in [1.54, 1.807) is 62.4 Å². The monoisotopic (exact) mass is 478 g/mol. The number of hydrogen-bond donors (Lipinski definition) is 3. The molecule has 0 aromatic heterocycles. The number of fused-ring (bicyclic) bond motifs is 5. The third-order valence-corrected chi connectivity index (χ3v) is 9.18. The molecule has 0 saturated carbocycles. The quantitative estimate of drug-likeness (QED) is 0.559. The average molecular weight is 478 g/mol. The summed E-state index contributed by atoms with van der Waals surface area (Å²) in [7, 11) is -4.24. The SMILES string of the molecule is CCOP(=O)(OCC)C1=C(N)[C@H](C#N)C2(C(=O)Nc3ccccc32)C12C(=O)Nc1ccccc12. The molecule has 0 fully saturated rings. The van der Waals surface area contributed by atoms with E-state index < -0.39 is 36.2 Å². The van der Waals surface area contributed by atoms with Crippen LogP contribution in [0, 0.1) is 17.2 Å². The Bertz CT molecular complexity index is 1360. The molecule has 2 heterocycles. The number of carbonyl (C=O) groups excluding carboxylic acids is 2. The maximum atomic E-state index is 14.4. The minimum atomic E-state index is -4.24. The molecule has 2 aromatic carbocycles. The number of rotatable bonds is 5. The molecule has 3 atom stereocenters. The highest BCUT2D eigenvalue weighted by molar-refractivity contribution is 7.58. The maximum absolute atomic E-state index is 14.4. The van der Waals surface area contributed by atoms with Crippen LogP contribution in [0.4, 0.5) is 11.4 Å². The lowest BCUT2D eigenvalue weighted by atomic mass is 9.56. The number of nitriles is 1. The van der Waals surface area contributed by atoms with Gasteiger partial charge in [0.05, 0.1) is 24.6 Å². The predicted molar refractivity (Wildman–Crippen MR) is 125 cm³/mol. The van der Waals surface area contributed by atoms with Crippen molar-refractivity contribution in [2.24, 2.45) is 11.7 Å². The molecule has 3 aliphatic rings. The Morgan fingerprint density at radius 1 is 0.971 bits per heavy atom. The molecule has 4 N–H and O–H groups in total. The van der Waals surface area contributed by atoms with Crippen molar-refractivity contribution in [3.05, 3.63) is 70.7 Å². The fourth-order valence-electron chi connectivity index (χ4n) is 5.85. The number of benzene rings is 2. The third-order valence-electron chi connectivity index (χ3n) is 6.84. The van der Waals surface area contributed by atoms with Gasteiger partial charge >= 0.3 is 7.60 Å². The van der Waals surface area contributed by atoms with Gasteiger partial charge in [-0.25, -0.2) is 0 Å².